The van der Waals surface area contributed by atoms with Crippen molar-refractivity contribution in [2.24, 2.45) is 0 Å². The molecule has 0 spiro atoms. The van der Waals surface area contributed by atoms with Crippen molar-refractivity contribution in [2.45, 2.75) is 82.2 Å². The third-order valence-electron chi connectivity index (χ3n) is 9.55. The van der Waals surface area contributed by atoms with Gasteiger partial charge < -0.3 is 43.0 Å². The molecule has 54 heavy (non-hydrogen) atoms. The van der Waals surface area contributed by atoms with Gasteiger partial charge in [0.15, 0.2) is 12.6 Å². The van der Waals surface area contributed by atoms with E-state index in [0.717, 1.165) is 27.8 Å². The highest BCUT2D eigenvalue weighted by atomic mass is 16.7. The Bertz CT molecular complexity index is 1760. The molecule has 7 rings (SSSR count). The summed E-state index contributed by atoms with van der Waals surface area (Å²) in [4.78, 5) is 0. The van der Waals surface area contributed by atoms with Crippen molar-refractivity contribution in [3.8, 4) is 0 Å². The topological polar surface area (TPSA) is 94.1 Å². The van der Waals surface area contributed by atoms with E-state index in [9.17, 15) is 5.11 Å². The minimum atomic E-state index is -1.27. The van der Waals surface area contributed by atoms with Crippen molar-refractivity contribution in [2.75, 3.05) is 13.2 Å². The summed E-state index contributed by atoms with van der Waals surface area (Å²) in [6.07, 6.45) is -6.34. The largest absolute Gasteiger partial charge is 0.368 e. The van der Waals surface area contributed by atoms with Gasteiger partial charge in [-0.15, -0.1) is 0 Å². The molecule has 0 aromatic heterocycles. The van der Waals surface area contributed by atoms with E-state index in [2.05, 4.69) is 0 Å². The average molecular weight is 733 g/mol. The lowest BCUT2D eigenvalue weighted by Crippen LogP contribution is -2.62. The summed E-state index contributed by atoms with van der Waals surface area (Å²) in [5, 5.41) is 11.3. The lowest BCUT2D eigenvalue weighted by Gasteiger charge is -2.46. The molecule has 2 heterocycles. The predicted molar refractivity (Wildman–Crippen MR) is 202 cm³/mol. The molecule has 2 fully saturated rings. The number of aliphatic hydroxyl groups excluding tert-OH is 1. The Hall–Kier alpha value is -4.26. The Balaban J connectivity index is 1.17. The minimum Gasteiger partial charge on any atom is -0.368 e. The standard InChI is InChI=1S/C45H48O9/c46-44-42(50-29-36-22-12-4-13-23-36)41(39(31-52-44)48-27-34-18-8-2-9-19-34)54-45-43(51-30-37-24-14-5-15-25-37)40(49-28-35-20-10-3-11-21-35)38(32-53-45)47-26-33-16-6-1-7-17-33/h1-25,38-46H,26-32H2/t38-,39+,40-,41-,42+,43+,44-,45?/m0/s1. The fourth-order valence-electron chi connectivity index (χ4n) is 6.63. The monoisotopic (exact) mass is 732 g/mol. The van der Waals surface area contributed by atoms with Gasteiger partial charge in [0.25, 0.3) is 0 Å². The van der Waals surface area contributed by atoms with Gasteiger partial charge in [-0.3, -0.25) is 0 Å². The van der Waals surface area contributed by atoms with Gasteiger partial charge in [-0.25, -0.2) is 0 Å². The van der Waals surface area contributed by atoms with Crippen LogP contribution >= 0.6 is 0 Å². The SMILES string of the molecule is O[C@H]1OC[C@@H](OCc2ccccc2)[C@H](OC2OC[C@H](OCc3ccccc3)[C@H](OCc3ccccc3)[C@H]2OCc2ccccc2)[C@H]1OCc1ccccc1. The van der Waals surface area contributed by atoms with Crippen LogP contribution in [0.25, 0.3) is 0 Å². The third-order valence-corrected chi connectivity index (χ3v) is 9.55. The maximum Gasteiger partial charge on any atom is 0.187 e. The molecule has 0 radical (unpaired) electrons. The number of hydrogen-bond acceptors (Lipinski definition) is 9. The van der Waals surface area contributed by atoms with Crippen LogP contribution in [0.15, 0.2) is 152 Å². The molecule has 282 valence electrons. The highest BCUT2D eigenvalue weighted by Crippen LogP contribution is 2.32. The Kier molecular flexibility index (Phi) is 14.0. The molecule has 0 saturated carbocycles. The van der Waals surface area contributed by atoms with Gasteiger partial charge in [0.2, 0.25) is 0 Å². The van der Waals surface area contributed by atoms with Crippen LogP contribution in [0.3, 0.4) is 0 Å². The summed E-state index contributed by atoms with van der Waals surface area (Å²) in [6, 6.07) is 49.7. The summed E-state index contributed by atoms with van der Waals surface area (Å²) >= 11 is 0. The highest BCUT2D eigenvalue weighted by Gasteiger charge is 2.49. The van der Waals surface area contributed by atoms with Gasteiger partial charge in [-0.05, 0) is 27.8 Å². The molecule has 2 aliphatic rings. The summed E-state index contributed by atoms with van der Waals surface area (Å²) in [6.45, 7) is 1.79. The van der Waals surface area contributed by atoms with Crippen LogP contribution in [-0.4, -0.2) is 67.5 Å². The molecule has 5 aromatic carbocycles. The quantitative estimate of drug-likeness (QED) is 0.109. The molecular weight excluding hydrogens is 684 g/mol. The van der Waals surface area contributed by atoms with Crippen LogP contribution in [0.4, 0.5) is 0 Å². The Labute approximate surface area is 317 Å². The summed E-state index contributed by atoms with van der Waals surface area (Å²) in [5.74, 6) is 0. The maximum atomic E-state index is 11.3. The second-order valence-electron chi connectivity index (χ2n) is 13.5. The van der Waals surface area contributed by atoms with Crippen LogP contribution in [0, 0.1) is 0 Å². The molecule has 0 bridgehead atoms. The molecule has 0 amide bonds. The number of rotatable bonds is 17. The summed E-state index contributed by atoms with van der Waals surface area (Å²) in [5.41, 5.74) is 4.98. The second kappa shape index (κ2) is 19.9. The Morgan fingerprint density at radius 3 is 1.15 bits per heavy atom. The average Bonchev–Trinajstić information content (AvgIpc) is 3.23. The molecule has 9 heteroatoms. The molecular formula is C45H48O9. The first-order valence-electron chi connectivity index (χ1n) is 18.5. The van der Waals surface area contributed by atoms with Crippen molar-refractivity contribution >= 4 is 0 Å². The zero-order valence-corrected chi connectivity index (χ0v) is 30.2. The van der Waals surface area contributed by atoms with Crippen molar-refractivity contribution in [1.29, 1.82) is 0 Å². The number of aliphatic hydroxyl groups is 1. The van der Waals surface area contributed by atoms with Crippen LogP contribution in [0.5, 0.6) is 0 Å². The summed E-state index contributed by atoms with van der Waals surface area (Å²) < 4.78 is 52.2. The smallest absolute Gasteiger partial charge is 0.187 e. The van der Waals surface area contributed by atoms with Crippen LogP contribution in [0.1, 0.15) is 27.8 Å². The van der Waals surface area contributed by atoms with Gasteiger partial charge in [-0.1, -0.05) is 152 Å². The van der Waals surface area contributed by atoms with E-state index >= 15 is 0 Å². The molecule has 8 atom stereocenters. The van der Waals surface area contributed by atoms with Gasteiger partial charge >= 0.3 is 0 Å². The zero-order chi connectivity index (χ0) is 36.8. The van der Waals surface area contributed by atoms with Crippen molar-refractivity contribution < 1.29 is 43.0 Å². The zero-order valence-electron chi connectivity index (χ0n) is 30.2. The first kappa shape index (κ1) is 38.0. The van der Waals surface area contributed by atoms with Crippen molar-refractivity contribution in [3.63, 3.8) is 0 Å². The molecule has 1 N–H and O–H groups in total. The maximum absolute atomic E-state index is 11.3. The fourth-order valence-corrected chi connectivity index (χ4v) is 6.63. The van der Waals surface area contributed by atoms with E-state index in [0.29, 0.717) is 19.8 Å². The van der Waals surface area contributed by atoms with Crippen molar-refractivity contribution in [1.82, 2.24) is 0 Å². The van der Waals surface area contributed by atoms with Crippen LogP contribution in [0.2, 0.25) is 0 Å². The van der Waals surface area contributed by atoms with Crippen molar-refractivity contribution in [3.05, 3.63) is 179 Å². The predicted octanol–water partition coefficient (Wildman–Crippen LogP) is 7.00. The first-order valence-corrected chi connectivity index (χ1v) is 18.5. The number of ether oxygens (including phenoxy) is 8. The van der Waals surface area contributed by atoms with Gasteiger partial charge in [-0.2, -0.15) is 0 Å². The van der Waals surface area contributed by atoms with E-state index in [1.165, 1.54) is 0 Å². The van der Waals surface area contributed by atoms with E-state index in [4.69, 9.17) is 37.9 Å². The van der Waals surface area contributed by atoms with Gasteiger partial charge in [0.05, 0.1) is 46.2 Å². The molecule has 2 saturated heterocycles. The number of benzene rings is 5. The van der Waals surface area contributed by atoms with Gasteiger partial charge in [0, 0.05) is 0 Å². The van der Waals surface area contributed by atoms with E-state index < -0.39 is 49.2 Å². The first-order chi connectivity index (χ1) is 26.7. The molecule has 1 unspecified atom stereocenters. The van der Waals surface area contributed by atoms with E-state index in [1.807, 2.05) is 152 Å². The molecule has 2 aliphatic heterocycles. The van der Waals surface area contributed by atoms with E-state index in [1.54, 1.807) is 0 Å². The second-order valence-corrected chi connectivity index (χ2v) is 13.5. The molecule has 5 aromatic rings. The molecule has 0 aliphatic carbocycles. The summed E-state index contributed by atoms with van der Waals surface area (Å²) in [7, 11) is 0. The Morgan fingerprint density at radius 1 is 0.389 bits per heavy atom. The molecule has 9 nitrogen and oxygen atoms in total. The third kappa shape index (κ3) is 10.7. The lowest BCUT2D eigenvalue weighted by molar-refractivity contribution is -0.350. The highest BCUT2D eigenvalue weighted by molar-refractivity contribution is 5.17. The lowest BCUT2D eigenvalue weighted by atomic mass is 10.0. The van der Waals surface area contributed by atoms with E-state index in [-0.39, 0.29) is 26.4 Å². The van der Waals surface area contributed by atoms with Crippen LogP contribution < -0.4 is 0 Å². The van der Waals surface area contributed by atoms with Crippen LogP contribution in [-0.2, 0) is 70.9 Å². The normalized spacial score (nSPS) is 25.6. The minimum absolute atomic E-state index is 0.0862. The number of hydrogen-bond donors (Lipinski definition) is 1. The van der Waals surface area contributed by atoms with Gasteiger partial charge in [0.1, 0.15) is 36.6 Å². The Morgan fingerprint density at radius 2 is 0.722 bits per heavy atom. The fraction of sp³-hybridized carbons (Fsp3) is 0.333.